The molecule has 0 spiro atoms. The second-order valence-corrected chi connectivity index (χ2v) is 10.9. The van der Waals surface area contributed by atoms with E-state index in [0.29, 0.717) is 11.3 Å². The van der Waals surface area contributed by atoms with Crippen molar-refractivity contribution in [2.75, 3.05) is 5.32 Å². The van der Waals surface area contributed by atoms with E-state index in [1.54, 1.807) is 58.9 Å². The number of nitrogens with zero attached hydrogens (tertiary/aromatic N) is 1. The lowest BCUT2D eigenvalue weighted by Gasteiger charge is -2.43. The van der Waals surface area contributed by atoms with Gasteiger partial charge in [0, 0.05) is 10.4 Å². The SMILES string of the molecule is CC(C)(C)OC(=O)Nc1ccccc1CC(=O)N[C@@H]1C(=O)N2[C@@H]1SC(C)(C)[C@@H]2C(=O)O. The normalized spacial score (nSPS) is 24.1. The molecule has 3 N–H and O–H groups in total. The zero-order valence-electron chi connectivity index (χ0n) is 18.1. The van der Waals surface area contributed by atoms with Gasteiger partial charge in [-0.25, -0.2) is 9.59 Å². The minimum atomic E-state index is -1.06. The van der Waals surface area contributed by atoms with Gasteiger partial charge in [0.05, 0.1) is 6.42 Å². The predicted octanol–water partition coefficient (Wildman–Crippen LogP) is 2.21. The van der Waals surface area contributed by atoms with Crippen LogP contribution in [0.15, 0.2) is 24.3 Å². The molecule has 0 aliphatic carbocycles. The van der Waals surface area contributed by atoms with E-state index in [2.05, 4.69) is 10.6 Å². The summed E-state index contributed by atoms with van der Waals surface area (Å²) in [5.41, 5.74) is 0.348. The van der Waals surface area contributed by atoms with Crippen LogP contribution in [0.1, 0.15) is 40.2 Å². The van der Waals surface area contributed by atoms with Crippen molar-refractivity contribution < 1.29 is 29.0 Å². The minimum Gasteiger partial charge on any atom is -0.480 e. The molecule has 2 heterocycles. The highest BCUT2D eigenvalue weighted by atomic mass is 32.2. The molecular formula is C21H27N3O6S. The van der Waals surface area contributed by atoms with E-state index < -0.39 is 51.7 Å². The van der Waals surface area contributed by atoms with Crippen LogP contribution in [0.25, 0.3) is 0 Å². The number of carboxylic acids is 1. The molecule has 0 radical (unpaired) electrons. The van der Waals surface area contributed by atoms with E-state index in [9.17, 15) is 24.3 Å². The number of carboxylic acid groups (broad SMARTS) is 1. The Morgan fingerprint density at radius 2 is 1.87 bits per heavy atom. The number of hydrogen-bond donors (Lipinski definition) is 3. The lowest BCUT2D eigenvalue weighted by Crippen LogP contribution is -2.70. The van der Waals surface area contributed by atoms with Crippen LogP contribution in [0, 0.1) is 0 Å². The zero-order chi connectivity index (χ0) is 23.1. The number of aliphatic carboxylic acids is 1. The Morgan fingerprint density at radius 3 is 2.48 bits per heavy atom. The smallest absolute Gasteiger partial charge is 0.412 e. The van der Waals surface area contributed by atoms with Crippen molar-refractivity contribution in [3.63, 3.8) is 0 Å². The highest BCUT2D eigenvalue weighted by Crippen LogP contribution is 2.50. The van der Waals surface area contributed by atoms with Crippen molar-refractivity contribution in [3.8, 4) is 0 Å². The van der Waals surface area contributed by atoms with Gasteiger partial charge in [0.25, 0.3) is 0 Å². The summed E-state index contributed by atoms with van der Waals surface area (Å²) >= 11 is 1.37. The summed E-state index contributed by atoms with van der Waals surface area (Å²) in [6.07, 6.45) is -0.687. The van der Waals surface area contributed by atoms with Gasteiger partial charge in [-0.05, 0) is 46.2 Å². The number of carbonyl (C=O) groups excluding carboxylic acids is 3. The maximum Gasteiger partial charge on any atom is 0.412 e. The van der Waals surface area contributed by atoms with E-state index in [0.717, 1.165) is 0 Å². The molecule has 168 valence electrons. The predicted molar refractivity (Wildman–Crippen MR) is 116 cm³/mol. The Balaban J connectivity index is 1.65. The standard InChI is InChI=1S/C21H27N3O6S/c1-20(2,3)30-19(29)22-12-9-7-6-8-11(12)10-13(25)23-14-16(26)24-15(18(27)28)21(4,5)31-17(14)24/h6-9,14-15,17H,10H2,1-5H3,(H,22,29)(H,23,25)(H,27,28)/t14-,15+,17-/m1/s1. The molecule has 10 heteroatoms. The fourth-order valence-corrected chi connectivity index (χ4v) is 5.38. The summed E-state index contributed by atoms with van der Waals surface area (Å²) in [5.74, 6) is -1.85. The van der Waals surface area contributed by atoms with E-state index >= 15 is 0 Å². The summed E-state index contributed by atoms with van der Waals surface area (Å²) in [6.45, 7) is 8.81. The Hall–Kier alpha value is -2.75. The Bertz CT molecular complexity index is 926. The Kier molecular flexibility index (Phi) is 5.96. The molecule has 3 atom stereocenters. The van der Waals surface area contributed by atoms with Crippen LogP contribution in [0.5, 0.6) is 0 Å². The largest absolute Gasteiger partial charge is 0.480 e. The van der Waals surface area contributed by atoms with Gasteiger partial charge in [-0.3, -0.25) is 14.9 Å². The molecule has 0 saturated carbocycles. The number of nitrogens with one attached hydrogen (secondary N) is 2. The Morgan fingerprint density at radius 1 is 1.23 bits per heavy atom. The molecule has 2 saturated heterocycles. The van der Waals surface area contributed by atoms with Crippen LogP contribution in [-0.4, -0.2) is 61.7 Å². The number of fused-ring (bicyclic) bond motifs is 1. The third-order valence-corrected chi connectivity index (χ3v) is 6.57. The summed E-state index contributed by atoms with van der Waals surface area (Å²) in [4.78, 5) is 50.2. The molecule has 1 aromatic carbocycles. The fraction of sp³-hybridized carbons (Fsp3) is 0.524. The maximum atomic E-state index is 12.6. The van der Waals surface area contributed by atoms with E-state index in [1.807, 2.05) is 0 Å². The van der Waals surface area contributed by atoms with Crippen molar-refractivity contribution in [1.82, 2.24) is 10.2 Å². The molecule has 0 aromatic heterocycles. The van der Waals surface area contributed by atoms with Gasteiger partial charge in [0.1, 0.15) is 23.1 Å². The quantitative estimate of drug-likeness (QED) is 0.589. The summed E-state index contributed by atoms with van der Waals surface area (Å²) in [6, 6.07) is 5.13. The topological polar surface area (TPSA) is 125 Å². The van der Waals surface area contributed by atoms with E-state index in [4.69, 9.17) is 4.74 Å². The fourth-order valence-electron chi connectivity index (χ4n) is 3.75. The van der Waals surface area contributed by atoms with Crippen LogP contribution < -0.4 is 10.6 Å². The van der Waals surface area contributed by atoms with Crippen molar-refractivity contribution >= 4 is 41.3 Å². The number of anilines is 1. The first-order chi connectivity index (χ1) is 14.3. The van der Waals surface area contributed by atoms with Crippen molar-refractivity contribution in [2.24, 2.45) is 0 Å². The van der Waals surface area contributed by atoms with Crippen LogP contribution in [0.4, 0.5) is 10.5 Å². The van der Waals surface area contributed by atoms with Gasteiger partial charge in [-0.2, -0.15) is 0 Å². The highest BCUT2D eigenvalue weighted by molar-refractivity contribution is 8.01. The minimum absolute atomic E-state index is 0.0567. The number of rotatable bonds is 5. The number of thioether (sulfide) groups is 1. The van der Waals surface area contributed by atoms with Gasteiger partial charge >= 0.3 is 12.1 Å². The number of carbonyl (C=O) groups is 4. The zero-order valence-corrected chi connectivity index (χ0v) is 18.9. The number of benzene rings is 1. The van der Waals surface area contributed by atoms with Crippen molar-refractivity contribution in [2.45, 2.75) is 68.8 Å². The van der Waals surface area contributed by atoms with Gasteiger partial charge in [-0.1, -0.05) is 18.2 Å². The van der Waals surface area contributed by atoms with Crippen molar-refractivity contribution in [3.05, 3.63) is 29.8 Å². The van der Waals surface area contributed by atoms with Gasteiger partial charge < -0.3 is 20.1 Å². The van der Waals surface area contributed by atoms with Gasteiger partial charge in [0.2, 0.25) is 11.8 Å². The number of β-lactam (4-membered cyclic amide) rings is 1. The molecule has 3 rings (SSSR count). The number of ether oxygens (including phenoxy) is 1. The third-order valence-electron chi connectivity index (χ3n) is 5.00. The maximum absolute atomic E-state index is 12.6. The summed E-state index contributed by atoms with van der Waals surface area (Å²) in [5, 5.41) is 14.4. The molecule has 2 fully saturated rings. The van der Waals surface area contributed by atoms with Crippen LogP contribution in [0.2, 0.25) is 0 Å². The second-order valence-electron chi connectivity index (χ2n) is 9.10. The average Bonchev–Trinajstić information content (AvgIpc) is 2.88. The van der Waals surface area contributed by atoms with E-state index in [-0.39, 0.29) is 6.42 Å². The lowest BCUT2D eigenvalue weighted by atomic mass is 9.96. The second kappa shape index (κ2) is 8.07. The molecule has 9 nitrogen and oxygen atoms in total. The summed E-state index contributed by atoms with van der Waals surface area (Å²) < 4.78 is 4.59. The average molecular weight is 450 g/mol. The van der Waals surface area contributed by atoms with E-state index in [1.165, 1.54) is 16.7 Å². The molecule has 1 aromatic rings. The monoisotopic (exact) mass is 449 g/mol. The van der Waals surface area contributed by atoms with Crippen LogP contribution >= 0.6 is 11.8 Å². The molecular weight excluding hydrogens is 422 g/mol. The molecule has 2 aliphatic heterocycles. The molecule has 31 heavy (non-hydrogen) atoms. The lowest BCUT2D eigenvalue weighted by molar-refractivity contribution is -0.161. The van der Waals surface area contributed by atoms with Crippen LogP contribution in [0.3, 0.4) is 0 Å². The highest BCUT2D eigenvalue weighted by Gasteiger charge is 2.64. The molecule has 3 amide bonds. The van der Waals surface area contributed by atoms with Crippen LogP contribution in [-0.2, 0) is 25.5 Å². The molecule has 0 unspecified atom stereocenters. The molecule has 2 aliphatic rings. The first-order valence-electron chi connectivity index (χ1n) is 9.90. The van der Waals surface area contributed by atoms with Crippen molar-refractivity contribution in [1.29, 1.82) is 0 Å². The third kappa shape index (κ3) is 4.79. The summed E-state index contributed by atoms with van der Waals surface area (Å²) in [7, 11) is 0. The molecule has 0 bridgehead atoms. The number of para-hydroxylation sites is 1. The number of hydrogen-bond acceptors (Lipinski definition) is 6. The van der Waals surface area contributed by atoms with Gasteiger partial charge in [0.15, 0.2) is 0 Å². The first kappa shape index (κ1) is 22.9. The Labute approximate surface area is 184 Å². The number of amides is 3. The van der Waals surface area contributed by atoms with Gasteiger partial charge in [-0.15, -0.1) is 11.8 Å². The first-order valence-corrected chi connectivity index (χ1v) is 10.8.